The van der Waals surface area contributed by atoms with E-state index in [2.05, 4.69) is 15.3 Å². The Kier molecular flexibility index (Phi) is 3.01. The van der Waals surface area contributed by atoms with Crippen molar-refractivity contribution in [2.24, 2.45) is 0 Å². The molecule has 2 N–H and O–H groups in total. The molecule has 3 aromatic rings. The molecule has 0 unspecified atom stereocenters. The lowest BCUT2D eigenvalue weighted by molar-refractivity contribution is 0.102. The van der Waals surface area contributed by atoms with Crippen molar-refractivity contribution in [3.8, 4) is 0 Å². The van der Waals surface area contributed by atoms with Crippen molar-refractivity contribution in [1.82, 2.24) is 9.97 Å². The third kappa shape index (κ3) is 2.42. The molecular formula is C15H11N3O2. The Bertz CT molecular complexity index is 819. The van der Waals surface area contributed by atoms with E-state index in [1.165, 1.54) is 18.3 Å². The average Bonchev–Trinajstić information content (AvgIpc) is 2.48. The molecular weight excluding hydrogens is 254 g/mol. The molecule has 0 spiro atoms. The Hall–Kier alpha value is -2.95. The van der Waals surface area contributed by atoms with Crippen molar-refractivity contribution < 1.29 is 4.79 Å². The van der Waals surface area contributed by atoms with Gasteiger partial charge in [-0.2, -0.15) is 0 Å². The average molecular weight is 265 g/mol. The molecule has 0 radical (unpaired) electrons. The van der Waals surface area contributed by atoms with E-state index in [1.807, 2.05) is 24.3 Å². The van der Waals surface area contributed by atoms with Gasteiger partial charge in [-0.05, 0) is 30.3 Å². The van der Waals surface area contributed by atoms with Gasteiger partial charge in [0.2, 0.25) is 5.56 Å². The summed E-state index contributed by atoms with van der Waals surface area (Å²) in [6, 6.07) is 12.1. The van der Waals surface area contributed by atoms with Gasteiger partial charge in [0.15, 0.2) is 0 Å². The van der Waals surface area contributed by atoms with Crippen LogP contribution in [-0.2, 0) is 0 Å². The molecule has 0 aliphatic carbocycles. The fourth-order valence-corrected chi connectivity index (χ4v) is 1.91. The van der Waals surface area contributed by atoms with Gasteiger partial charge in [-0.25, -0.2) is 0 Å². The maximum absolute atomic E-state index is 12.0. The largest absolute Gasteiger partial charge is 0.328 e. The van der Waals surface area contributed by atoms with Crippen LogP contribution in [0.5, 0.6) is 0 Å². The quantitative estimate of drug-likeness (QED) is 0.745. The lowest BCUT2D eigenvalue weighted by Gasteiger charge is -2.06. The number of aromatic amines is 1. The van der Waals surface area contributed by atoms with Crippen LogP contribution in [0.2, 0.25) is 0 Å². The number of hydrogen-bond acceptors (Lipinski definition) is 3. The Morgan fingerprint density at radius 1 is 1.15 bits per heavy atom. The lowest BCUT2D eigenvalue weighted by Crippen LogP contribution is -2.14. The Balaban J connectivity index is 1.87. The first-order chi connectivity index (χ1) is 9.72. The number of benzene rings is 1. The molecule has 0 aliphatic rings. The molecule has 20 heavy (non-hydrogen) atoms. The number of carbonyl (C=O) groups excluding carboxylic acids is 1. The summed E-state index contributed by atoms with van der Waals surface area (Å²) in [5, 5.41) is 3.73. The number of anilines is 1. The van der Waals surface area contributed by atoms with Crippen LogP contribution in [0.25, 0.3) is 10.9 Å². The minimum atomic E-state index is -0.274. The van der Waals surface area contributed by atoms with Crippen molar-refractivity contribution in [1.29, 1.82) is 0 Å². The predicted molar refractivity (Wildman–Crippen MR) is 76.8 cm³/mol. The first-order valence-corrected chi connectivity index (χ1v) is 6.07. The molecule has 0 bridgehead atoms. The molecule has 0 atom stereocenters. The number of H-pyrrole nitrogens is 1. The number of nitrogens with one attached hydrogen (secondary N) is 2. The minimum Gasteiger partial charge on any atom is -0.328 e. The summed E-state index contributed by atoms with van der Waals surface area (Å²) < 4.78 is 0. The number of rotatable bonds is 2. The molecule has 1 aromatic carbocycles. The topological polar surface area (TPSA) is 74.8 Å². The number of hydrogen-bond donors (Lipinski definition) is 2. The first kappa shape index (κ1) is 12.1. The molecule has 98 valence electrons. The zero-order valence-electron chi connectivity index (χ0n) is 10.5. The van der Waals surface area contributed by atoms with Crippen LogP contribution in [0.3, 0.4) is 0 Å². The smallest absolute Gasteiger partial charge is 0.257 e. The Morgan fingerprint density at radius 3 is 2.85 bits per heavy atom. The second-order valence-electron chi connectivity index (χ2n) is 4.31. The van der Waals surface area contributed by atoms with Crippen LogP contribution in [0, 0.1) is 0 Å². The summed E-state index contributed by atoms with van der Waals surface area (Å²) in [6.45, 7) is 0. The zero-order valence-corrected chi connectivity index (χ0v) is 10.5. The first-order valence-electron chi connectivity index (χ1n) is 6.07. The van der Waals surface area contributed by atoms with E-state index < -0.39 is 0 Å². The summed E-state index contributed by atoms with van der Waals surface area (Å²) in [7, 11) is 0. The number of nitrogens with zero attached hydrogens (tertiary/aromatic N) is 1. The molecule has 5 heteroatoms. The molecule has 0 saturated heterocycles. The lowest BCUT2D eigenvalue weighted by atomic mass is 10.2. The number of fused-ring (bicyclic) bond motifs is 1. The van der Waals surface area contributed by atoms with Gasteiger partial charge in [0.05, 0.1) is 11.1 Å². The van der Waals surface area contributed by atoms with Crippen LogP contribution < -0.4 is 10.9 Å². The number of aromatic nitrogens is 2. The van der Waals surface area contributed by atoms with Gasteiger partial charge in [0.25, 0.3) is 5.91 Å². The Morgan fingerprint density at radius 2 is 2.05 bits per heavy atom. The van der Waals surface area contributed by atoms with Gasteiger partial charge in [0.1, 0.15) is 0 Å². The zero-order chi connectivity index (χ0) is 13.9. The van der Waals surface area contributed by atoms with Gasteiger partial charge in [-0.1, -0.05) is 6.07 Å². The van der Waals surface area contributed by atoms with Crippen molar-refractivity contribution >= 4 is 22.5 Å². The number of carbonyl (C=O) groups is 1. The van der Waals surface area contributed by atoms with Crippen molar-refractivity contribution in [2.75, 3.05) is 5.32 Å². The molecule has 2 aromatic heterocycles. The molecule has 3 rings (SSSR count). The highest BCUT2D eigenvalue weighted by Crippen LogP contribution is 2.17. The highest BCUT2D eigenvalue weighted by atomic mass is 16.1. The van der Waals surface area contributed by atoms with Crippen molar-refractivity contribution in [2.45, 2.75) is 0 Å². The van der Waals surface area contributed by atoms with Crippen LogP contribution in [0.15, 0.2) is 59.7 Å². The molecule has 0 fully saturated rings. The fourth-order valence-electron chi connectivity index (χ4n) is 1.91. The second kappa shape index (κ2) is 4.97. The number of amides is 1. The predicted octanol–water partition coefficient (Wildman–Crippen LogP) is 2.18. The van der Waals surface area contributed by atoms with Crippen LogP contribution >= 0.6 is 0 Å². The highest BCUT2D eigenvalue weighted by molar-refractivity contribution is 6.04. The van der Waals surface area contributed by atoms with Gasteiger partial charge >= 0.3 is 0 Å². The molecule has 5 nitrogen and oxygen atoms in total. The molecule has 0 aliphatic heterocycles. The maximum Gasteiger partial charge on any atom is 0.257 e. The van der Waals surface area contributed by atoms with Gasteiger partial charge in [0, 0.05) is 29.5 Å². The van der Waals surface area contributed by atoms with E-state index in [9.17, 15) is 9.59 Å². The highest BCUT2D eigenvalue weighted by Gasteiger charge is 2.06. The van der Waals surface area contributed by atoms with Crippen LogP contribution in [-0.4, -0.2) is 15.9 Å². The van der Waals surface area contributed by atoms with E-state index in [1.54, 1.807) is 12.3 Å². The molecule has 2 heterocycles. The van der Waals surface area contributed by atoms with E-state index in [-0.39, 0.29) is 11.5 Å². The van der Waals surface area contributed by atoms with E-state index in [0.29, 0.717) is 11.3 Å². The van der Waals surface area contributed by atoms with Gasteiger partial charge < -0.3 is 10.3 Å². The van der Waals surface area contributed by atoms with Crippen LogP contribution in [0.4, 0.5) is 5.69 Å². The standard InChI is InChI=1S/C15H11N3O2/c19-14-6-3-11(9-17-14)15(20)18-12-4-5-13-10(8-12)2-1-7-16-13/h1-9H,(H,17,19)(H,18,20). The third-order valence-electron chi connectivity index (χ3n) is 2.91. The molecule has 0 saturated carbocycles. The van der Waals surface area contributed by atoms with Gasteiger partial charge in [-0.3, -0.25) is 14.6 Å². The Labute approximate surface area is 114 Å². The summed E-state index contributed by atoms with van der Waals surface area (Å²) >= 11 is 0. The van der Waals surface area contributed by atoms with Crippen LogP contribution in [0.1, 0.15) is 10.4 Å². The number of pyridine rings is 2. The summed E-state index contributed by atoms with van der Waals surface area (Å²) in [4.78, 5) is 29.7. The molecule has 1 amide bonds. The summed E-state index contributed by atoms with van der Waals surface area (Å²) in [6.07, 6.45) is 3.11. The second-order valence-corrected chi connectivity index (χ2v) is 4.31. The third-order valence-corrected chi connectivity index (χ3v) is 2.91. The van der Waals surface area contributed by atoms with Gasteiger partial charge in [-0.15, -0.1) is 0 Å². The maximum atomic E-state index is 12.0. The van der Waals surface area contributed by atoms with E-state index >= 15 is 0 Å². The monoisotopic (exact) mass is 265 g/mol. The van der Waals surface area contributed by atoms with E-state index in [0.717, 1.165) is 10.9 Å². The fraction of sp³-hybridized carbons (Fsp3) is 0. The minimum absolute atomic E-state index is 0.238. The van der Waals surface area contributed by atoms with Crippen molar-refractivity contribution in [3.05, 3.63) is 70.8 Å². The SMILES string of the molecule is O=C(Nc1ccc2ncccc2c1)c1ccc(=O)[nH]c1. The van der Waals surface area contributed by atoms with Crippen molar-refractivity contribution in [3.63, 3.8) is 0 Å². The van der Waals surface area contributed by atoms with E-state index in [4.69, 9.17) is 0 Å². The summed E-state index contributed by atoms with van der Waals surface area (Å²) in [5.74, 6) is -0.274. The summed E-state index contributed by atoms with van der Waals surface area (Å²) in [5.41, 5.74) is 1.71. The normalized spacial score (nSPS) is 10.4.